The van der Waals surface area contributed by atoms with Gasteiger partial charge in [0.05, 0.1) is 12.2 Å². The Hall–Kier alpha value is -2.09. The summed E-state index contributed by atoms with van der Waals surface area (Å²) < 4.78 is 39.0. The Balaban J connectivity index is 2.55. The van der Waals surface area contributed by atoms with Gasteiger partial charge in [0, 0.05) is 12.5 Å². The second kappa shape index (κ2) is 7.63. The van der Waals surface area contributed by atoms with Crippen molar-refractivity contribution in [3.8, 4) is 0 Å². The third-order valence-corrected chi connectivity index (χ3v) is 2.69. The summed E-state index contributed by atoms with van der Waals surface area (Å²) in [4.78, 5) is 23.1. The van der Waals surface area contributed by atoms with Gasteiger partial charge in [-0.2, -0.15) is 0 Å². The highest BCUT2D eigenvalue weighted by Crippen LogP contribution is 2.19. The standard InChI is InChI=1S/C13H16F3N3O2/c1-7(5-17-2)13(21)18-6-10(20)19-9-4-3-8(14)11(15)12(9)16/h3-4,7,17H,5-6H2,1-2H3,(H,18,21)(H,19,20). The molecule has 0 spiro atoms. The fourth-order valence-electron chi connectivity index (χ4n) is 1.56. The van der Waals surface area contributed by atoms with Crippen LogP contribution >= 0.6 is 0 Å². The van der Waals surface area contributed by atoms with Crippen molar-refractivity contribution < 1.29 is 22.8 Å². The molecule has 1 atom stereocenters. The molecule has 0 aliphatic carbocycles. The van der Waals surface area contributed by atoms with Crippen LogP contribution in [-0.4, -0.2) is 32.0 Å². The summed E-state index contributed by atoms with van der Waals surface area (Å²) in [5, 5.41) is 7.21. The van der Waals surface area contributed by atoms with E-state index in [-0.39, 0.29) is 11.8 Å². The average Bonchev–Trinajstić information content (AvgIpc) is 2.45. The number of anilines is 1. The summed E-state index contributed by atoms with van der Waals surface area (Å²) in [5.41, 5.74) is -0.489. The number of carbonyl (C=O) groups is 2. The van der Waals surface area contributed by atoms with E-state index >= 15 is 0 Å². The maximum atomic E-state index is 13.3. The molecular formula is C13H16F3N3O2. The Morgan fingerprint density at radius 3 is 2.48 bits per heavy atom. The van der Waals surface area contributed by atoms with E-state index in [9.17, 15) is 22.8 Å². The first-order valence-corrected chi connectivity index (χ1v) is 6.22. The van der Waals surface area contributed by atoms with Crippen LogP contribution in [0.15, 0.2) is 12.1 Å². The van der Waals surface area contributed by atoms with Crippen LogP contribution in [0.3, 0.4) is 0 Å². The van der Waals surface area contributed by atoms with Crippen molar-refractivity contribution in [2.24, 2.45) is 5.92 Å². The molecule has 1 unspecified atom stereocenters. The molecule has 2 amide bonds. The summed E-state index contributed by atoms with van der Waals surface area (Å²) in [5.74, 6) is -5.95. The van der Waals surface area contributed by atoms with Crippen LogP contribution < -0.4 is 16.0 Å². The molecule has 5 nitrogen and oxygen atoms in total. The highest BCUT2D eigenvalue weighted by molar-refractivity contribution is 5.94. The van der Waals surface area contributed by atoms with Crippen molar-refractivity contribution in [3.63, 3.8) is 0 Å². The maximum Gasteiger partial charge on any atom is 0.243 e. The van der Waals surface area contributed by atoms with Crippen molar-refractivity contribution in [2.45, 2.75) is 6.92 Å². The quantitative estimate of drug-likeness (QED) is 0.687. The van der Waals surface area contributed by atoms with E-state index in [0.29, 0.717) is 12.6 Å². The summed E-state index contributed by atoms with van der Waals surface area (Å²) in [7, 11) is 1.68. The first-order chi connectivity index (χ1) is 9.86. The second-order valence-electron chi connectivity index (χ2n) is 4.45. The molecule has 1 aromatic carbocycles. The van der Waals surface area contributed by atoms with Crippen LogP contribution in [0.5, 0.6) is 0 Å². The molecule has 1 aromatic rings. The fraction of sp³-hybridized carbons (Fsp3) is 0.385. The van der Waals surface area contributed by atoms with Crippen LogP contribution in [-0.2, 0) is 9.59 Å². The van der Waals surface area contributed by atoms with Gasteiger partial charge in [0.1, 0.15) is 0 Å². The molecule has 8 heteroatoms. The van der Waals surface area contributed by atoms with Crippen LogP contribution in [0.1, 0.15) is 6.92 Å². The third kappa shape index (κ3) is 4.75. The zero-order chi connectivity index (χ0) is 16.0. The molecule has 0 fully saturated rings. The summed E-state index contributed by atoms with van der Waals surface area (Å²) >= 11 is 0. The number of halogens is 3. The molecule has 0 saturated heterocycles. The van der Waals surface area contributed by atoms with E-state index in [1.165, 1.54) is 0 Å². The Bertz CT molecular complexity index is 538. The van der Waals surface area contributed by atoms with Gasteiger partial charge in [-0.3, -0.25) is 9.59 Å². The van der Waals surface area contributed by atoms with Gasteiger partial charge in [-0.25, -0.2) is 13.2 Å². The van der Waals surface area contributed by atoms with Crippen molar-refractivity contribution in [1.29, 1.82) is 0 Å². The van der Waals surface area contributed by atoms with Crippen molar-refractivity contribution >= 4 is 17.5 Å². The first-order valence-electron chi connectivity index (χ1n) is 6.22. The van der Waals surface area contributed by atoms with Gasteiger partial charge < -0.3 is 16.0 Å². The Labute approximate surface area is 119 Å². The number of hydrogen-bond donors (Lipinski definition) is 3. The van der Waals surface area contributed by atoms with E-state index in [0.717, 1.165) is 6.07 Å². The van der Waals surface area contributed by atoms with Gasteiger partial charge in [-0.05, 0) is 19.2 Å². The molecule has 0 saturated carbocycles. The lowest BCUT2D eigenvalue weighted by atomic mass is 10.1. The molecule has 0 radical (unpaired) electrons. The van der Waals surface area contributed by atoms with E-state index in [1.807, 2.05) is 0 Å². The Morgan fingerprint density at radius 2 is 1.86 bits per heavy atom. The van der Waals surface area contributed by atoms with Crippen LogP contribution in [0.2, 0.25) is 0 Å². The van der Waals surface area contributed by atoms with Crippen molar-refractivity contribution in [3.05, 3.63) is 29.6 Å². The smallest absolute Gasteiger partial charge is 0.243 e. The fourth-order valence-corrected chi connectivity index (χ4v) is 1.56. The predicted octanol–water partition coefficient (Wildman–Crippen LogP) is 1.01. The van der Waals surface area contributed by atoms with Crippen molar-refractivity contribution in [2.75, 3.05) is 25.5 Å². The number of hydrogen-bond acceptors (Lipinski definition) is 3. The molecule has 0 heterocycles. The van der Waals surface area contributed by atoms with E-state index in [1.54, 1.807) is 14.0 Å². The molecule has 0 aliphatic heterocycles. The second-order valence-corrected chi connectivity index (χ2v) is 4.45. The first kappa shape index (κ1) is 17.0. The molecule has 3 N–H and O–H groups in total. The van der Waals surface area contributed by atoms with E-state index < -0.39 is 35.6 Å². The number of rotatable bonds is 6. The third-order valence-electron chi connectivity index (χ3n) is 2.69. The van der Waals surface area contributed by atoms with Gasteiger partial charge in [-0.15, -0.1) is 0 Å². The van der Waals surface area contributed by atoms with Crippen LogP contribution in [0.4, 0.5) is 18.9 Å². The monoisotopic (exact) mass is 303 g/mol. The summed E-state index contributed by atoms with van der Waals surface area (Å²) in [6, 6.07) is 1.60. The highest BCUT2D eigenvalue weighted by Gasteiger charge is 2.16. The van der Waals surface area contributed by atoms with E-state index in [4.69, 9.17) is 0 Å². The molecule has 0 aromatic heterocycles. The lowest BCUT2D eigenvalue weighted by molar-refractivity contribution is -0.126. The van der Waals surface area contributed by atoms with Crippen LogP contribution in [0, 0.1) is 23.4 Å². The molecule has 0 bridgehead atoms. The van der Waals surface area contributed by atoms with Gasteiger partial charge in [0.15, 0.2) is 17.5 Å². The lowest BCUT2D eigenvalue weighted by Crippen LogP contribution is -2.38. The molecule has 21 heavy (non-hydrogen) atoms. The zero-order valence-electron chi connectivity index (χ0n) is 11.6. The van der Waals surface area contributed by atoms with E-state index in [2.05, 4.69) is 16.0 Å². The summed E-state index contributed by atoms with van der Waals surface area (Å²) in [6.45, 7) is 1.70. The van der Waals surface area contributed by atoms with Crippen molar-refractivity contribution in [1.82, 2.24) is 10.6 Å². The highest BCUT2D eigenvalue weighted by atomic mass is 19.2. The molecule has 1 rings (SSSR count). The van der Waals surface area contributed by atoms with Crippen LogP contribution in [0.25, 0.3) is 0 Å². The lowest BCUT2D eigenvalue weighted by Gasteiger charge is -2.12. The minimum atomic E-state index is -1.67. The summed E-state index contributed by atoms with van der Waals surface area (Å²) in [6.07, 6.45) is 0. The molecule has 116 valence electrons. The number of carbonyl (C=O) groups excluding carboxylic acids is 2. The van der Waals surface area contributed by atoms with Gasteiger partial charge in [-0.1, -0.05) is 6.92 Å². The van der Waals surface area contributed by atoms with Gasteiger partial charge in [0.25, 0.3) is 0 Å². The van der Waals surface area contributed by atoms with Gasteiger partial charge in [0.2, 0.25) is 11.8 Å². The predicted molar refractivity (Wildman–Crippen MR) is 71.0 cm³/mol. The largest absolute Gasteiger partial charge is 0.347 e. The zero-order valence-corrected chi connectivity index (χ0v) is 11.6. The Kier molecular flexibility index (Phi) is 6.16. The number of nitrogens with one attached hydrogen (secondary N) is 3. The normalized spacial score (nSPS) is 11.9. The average molecular weight is 303 g/mol. The molecular weight excluding hydrogens is 287 g/mol. The topological polar surface area (TPSA) is 70.2 Å². The molecule has 0 aliphatic rings. The van der Waals surface area contributed by atoms with Gasteiger partial charge >= 0.3 is 0 Å². The SMILES string of the molecule is CNCC(C)C(=O)NCC(=O)Nc1ccc(F)c(F)c1F. The number of benzene rings is 1. The minimum absolute atomic E-state index is 0.345. The minimum Gasteiger partial charge on any atom is -0.347 e. The number of amides is 2. The Morgan fingerprint density at radius 1 is 1.19 bits per heavy atom. The maximum absolute atomic E-state index is 13.3.